The SMILES string of the molecule is CCCCCCCCCCCCOC(=O)C(C)OC(=O)c1ccc(Cl)c(NC(=O)C(C(=O)Nc2cc(C(=O)OC(C)C(=O)OC)ccc2Cl)n2nc3c(Br)ccc(Br)c3n2)c1. The summed E-state index contributed by atoms with van der Waals surface area (Å²) in [5, 5.41) is 13.9. The number of fused-ring (bicyclic) bond motifs is 1. The van der Waals surface area contributed by atoms with E-state index in [4.69, 9.17) is 37.4 Å². The second-order valence-corrected chi connectivity index (χ2v) is 16.5. The molecule has 0 radical (unpaired) electrons. The summed E-state index contributed by atoms with van der Waals surface area (Å²) < 4.78 is 21.5. The van der Waals surface area contributed by atoms with E-state index in [9.17, 15) is 28.8 Å². The smallest absolute Gasteiger partial charge is 0.347 e. The minimum absolute atomic E-state index is 0.00692. The van der Waals surface area contributed by atoms with Crippen molar-refractivity contribution < 1.29 is 47.7 Å². The Kier molecular flexibility index (Phi) is 19.4. The number of esters is 4. The molecule has 3 aromatic carbocycles. The van der Waals surface area contributed by atoms with Crippen molar-refractivity contribution in [2.24, 2.45) is 0 Å². The average Bonchev–Trinajstić information content (AvgIpc) is 3.68. The second-order valence-electron chi connectivity index (χ2n) is 14.0. The third-order valence-electron chi connectivity index (χ3n) is 9.28. The highest BCUT2D eigenvalue weighted by atomic mass is 79.9. The number of rotatable bonds is 22. The van der Waals surface area contributed by atoms with Gasteiger partial charge in [-0.1, -0.05) is 87.9 Å². The molecule has 3 atom stereocenters. The Morgan fingerprint density at radius 2 is 1.08 bits per heavy atom. The van der Waals surface area contributed by atoms with Crippen LogP contribution in [0.4, 0.5) is 11.4 Å². The number of hydrogen-bond acceptors (Lipinski definition) is 12. The zero-order chi connectivity index (χ0) is 44.6. The van der Waals surface area contributed by atoms with E-state index >= 15 is 0 Å². The minimum atomic E-state index is -1.85. The lowest BCUT2D eigenvalue weighted by atomic mass is 10.1. The number of ether oxygens (including phenoxy) is 4. The minimum Gasteiger partial charge on any atom is -0.466 e. The summed E-state index contributed by atoms with van der Waals surface area (Å²) >= 11 is 19.7. The molecule has 0 aliphatic rings. The van der Waals surface area contributed by atoms with Gasteiger partial charge in [-0.05, 0) is 101 Å². The van der Waals surface area contributed by atoms with Crippen LogP contribution in [0.15, 0.2) is 57.5 Å². The number of halogens is 4. The van der Waals surface area contributed by atoms with E-state index in [1.807, 2.05) is 0 Å². The fourth-order valence-electron chi connectivity index (χ4n) is 5.89. The lowest BCUT2D eigenvalue weighted by molar-refractivity contribution is -0.153. The Morgan fingerprint density at radius 3 is 1.52 bits per heavy atom. The number of methoxy groups -OCH3 is 1. The molecule has 2 N–H and O–H groups in total. The number of aromatic nitrogens is 3. The van der Waals surface area contributed by atoms with Crippen molar-refractivity contribution in [3.8, 4) is 0 Å². The standard InChI is InChI=1S/C42H47Br2Cl2N5O10/c1-5-6-7-8-9-10-11-12-13-14-21-59-40(55)25(3)61-42(57)27-16-20-31(46)33(23-27)48-38(53)36(51-49-34-28(43)17-18-29(44)35(34)50-51)37(52)47-32-22-26(15-19-30(32)45)41(56)60-24(2)39(54)58-4/h15-20,22-25,36H,5-14,21H2,1-4H3,(H,47,52)(H,48,53). The molecule has 0 aliphatic carbocycles. The first-order valence-electron chi connectivity index (χ1n) is 19.7. The van der Waals surface area contributed by atoms with Crippen molar-refractivity contribution in [3.05, 3.63) is 78.6 Å². The van der Waals surface area contributed by atoms with Gasteiger partial charge in [-0.2, -0.15) is 15.0 Å². The van der Waals surface area contributed by atoms with E-state index < -0.39 is 53.9 Å². The fourth-order valence-corrected chi connectivity index (χ4v) is 7.02. The van der Waals surface area contributed by atoms with Gasteiger partial charge in [-0.3, -0.25) is 9.59 Å². The normalized spacial score (nSPS) is 12.5. The van der Waals surface area contributed by atoms with Gasteiger partial charge >= 0.3 is 23.9 Å². The monoisotopic (exact) mass is 1010 g/mol. The van der Waals surface area contributed by atoms with Crippen LogP contribution in [-0.4, -0.2) is 76.6 Å². The molecule has 328 valence electrons. The van der Waals surface area contributed by atoms with Crippen molar-refractivity contribution in [1.82, 2.24) is 15.0 Å². The molecule has 0 spiro atoms. The number of nitrogens with zero attached hydrogens (tertiary/aromatic N) is 3. The van der Waals surface area contributed by atoms with Gasteiger partial charge in [0.25, 0.3) is 11.8 Å². The molecule has 0 saturated carbocycles. The third-order valence-corrected chi connectivity index (χ3v) is 11.2. The number of anilines is 2. The summed E-state index contributed by atoms with van der Waals surface area (Å²) in [4.78, 5) is 79.5. The first-order valence-corrected chi connectivity index (χ1v) is 22.1. The van der Waals surface area contributed by atoms with Crippen LogP contribution in [0.2, 0.25) is 10.0 Å². The van der Waals surface area contributed by atoms with Crippen LogP contribution in [-0.2, 0) is 38.1 Å². The molecule has 2 amide bonds. The molecule has 4 aromatic rings. The first-order chi connectivity index (χ1) is 29.1. The molecular formula is C42H47Br2Cl2N5O10. The number of amides is 2. The Balaban J connectivity index is 1.47. The third kappa shape index (κ3) is 14.2. The van der Waals surface area contributed by atoms with Gasteiger partial charge in [0.1, 0.15) is 11.0 Å². The van der Waals surface area contributed by atoms with Crippen molar-refractivity contribution in [2.45, 2.75) is 103 Å². The summed E-state index contributed by atoms with van der Waals surface area (Å²) in [5.74, 6) is -5.30. The zero-order valence-corrected chi connectivity index (χ0v) is 38.7. The van der Waals surface area contributed by atoms with Crippen molar-refractivity contribution in [3.63, 3.8) is 0 Å². The molecule has 4 rings (SSSR count). The molecule has 61 heavy (non-hydrogen) atoms. The van der Waals surface area contributed by atoms with Crippen LogP contribution in [0.1, 0.15) is 112 Å². The molecule has 1 heterocycles. The molecule has 1 aromatic heterocycles. The Bertz CT molecular complexity index is 2180. The number of nitrogens with one attached hydrogen (secondary N) is 2. The number of benzene rings is 3. The van der Waals surface area contributed by atoms with E-state index in [1.54, 1.807) is 12.1 Å². The maximum Gasteiger partial charge on any atom is 0.347 e. The van der Waals surface area contributed by atoms with Crippen LogP contribution >= 0.6 is 55.1 Å². The van der Waals surface area contributed by atoms with Crippen molar-refractivity contribution >= 4 is 113 Å². The highest BCUT2D eigenvalue weighted by molar-refractivity contribution is 9.11. The van der Waals surface area contributed by atoms with Crippen LogP contribution in [0.3, 0.4) is 0 Å². The number of carbonyl (C=O) groups is 6. The molecule has 0 fully saturated rings. The predicted molar refractivity (Wildman–Crippen MR) is 237 cm³/mol. The van der Waals surface area contributed by atoms with Crippen LogP contribution < -0.4 is 10.6 Å². The quantitative estimate of drug-likeness (QED) is 0.0328. The number of hydrogen-bond donors (Lipinski definition) is 2. The summed E-state index contributed by atoms with van der Waals surface area (Å²) in [5.41, 5.74) is 0.282. The lowest BCUT2D eigenvalue weighted by Gasteiger charge is -2.18. The summed E-state index contributed by atoms with van der Waals surface area (Å²) in [6, 6.07) is 9.24. The molecule has 19 heteroatoms. The van der Waals surface area contributed by atoms with Gasteiger partial charge in [-0.25, -0.2) is 19.2 Å². The summed E-state index contributed by atoms with van der Waals surface area (Å²) in [6.07, 6.45) is 8.88. The summed E-state index contributed by atoms with van der Waals surface area (Å²) in [7, 11) is 1.14. The molecule has 15 nitrogen and oxygen atoms in total. The lowest BCUT2D eigenvalue weighted by Crippen LogP contribution is -2.37. The molecule has 3 unspecified atom stereocenters. The van der Waals surface area contributed by atoms with Crippen LogP contribution in [0, 0.1) is 0 Å². The van der Waals surface area contributed by atoms with Crippen LogP contribution in [0.5, 0.6) is 0 Å². The maximum atomic E-state index is 14.1. The van der Waals surface area contributed by atoms with E-state index in [0.717, 1.165) is 31.2 Å². The van der Waals surface area contributed by atoms with Gasteiger partial charge in [0.05, 0.1) is 46.3 Å². The Morgan fingerprint density at radius 1 is 0.656 bits per heavy atom. The molecular weight excluding hydrogens is 965 g/mol. The van der Waals surface area contributed by atoms with Gasteiger partial charge in [0.15, 0.2) is 12.2 Å². The second kappa shape index (κ2) is 24.2. The number of carbonyl (C=O) groups excluding carboxylic acids is 6. The fraction of sp³-hybridized carbons (Fsp3) is 0.429. The Hall–Kier alpha value is -4.58. The molecule has 0 aliphatic heterocycles. The summed E-state index contributed by atoms with van der Waals surface area (Å²) in [6.45, 7) is 5.13. The predicted octanol–water partition coefficient (Wildman–Crippen LogP) is 9.81. The topological polar surface area (TPSA) is 194 Å². The highest BCUT2D eigenvalue weighted by Crippen LogP contribution is 2.31. The first kappa shape index (κ1) is 49.1. The van der Waals surface area contributed by atoms with Gasteiger partial charge < -0.3 is 29.6 Å². The van der Waals surface area contributed by atoms with Gasteiger partial charge in [0, 0.05) is 8.95 Å². The molecule has 0 bridgehead atoms. The highest BCUT2D eigenvalue weighted by Gasteiger charge is 2.33. The maximum absolute atomic E-state index is 14.1. The van der Waals surface area contributed by atoms with E-state index in [-0.39, 0.29) is 39.2 Å². The van der Waals surface area contributed by atoms with E-state index in [1.165, 1.54) is 88.8 Å². The van der Waals surface area contributed by atoms with Gasteiger partial charge in [-0.15, -0.1) is 0 Å². The van der Waals surface area contributed by atoms with Crippen LogP contribution in [0.25, 0.3) is 11.0 Å². The average molecular weight is 1010 g/mol. The number of unbranched alkanes of at least 4 members (excludes halogenated alkanes) is 9. The van der Waals surface area contributed by atoms with Crippen molar-refractivity contribution in [1.29, 1.82) is 0 Å². The largest absolute Gasteiger partial charge is 0.466 e. The molecule has 0 saturated heterocycles. The van der Waals surface area contributed by atoms with Gasteiger partial charge in [0.2, 0.25) is 6.04 Å². The zero-order valence-electron chi connectivity index (χ0n) is 34.1. The van der Waals surface area contributed by atoms with E-state index in [0.29, 0.717) is 26.4 Å². The van der Waals surface area contributed by atoms with E-state index in [2.05, 4.69) is 64.4 Å². The van der Waals surface area contributed by atoms with Crippen molar-refractivity contribution in [2.75, 3.05) is 24.4 Å². The Labute approximate surface area is 380 Å².